The van der Waals surface area contributed by atoms with Crippen LogP contribution in [0.3, 0.4) is 0 Å². The summed E-state index contributed by atoms with van der Waals surface area (Å²) in [7, 11) is 4.44. The Morgan fingerprint density at radius 3 is 2.83 bits per heavy atom. The first-order valence-electron chi connectivity index (χ1n) is 6.80. The molecule has 1 aromatic rings. The van der Waals surface area contributed by atoms with Gasteiger partial charge < -0.3 is 15.5 Å². The molecule has 3 heteroatoms. The minimum absolute atomic E-state index is 0.727. The maximum Gasteiger partial charge on any atom is 0.0343 e. The third kappa shape index (κ3) is 3.24. The summed E-state index contributed by atoms with van der Waals surface area (Å²) in [5, 5.41) is 0. The van der Waals surface area contributed by atoms with Gasteiger partial charge in [-0.15, -0.1) is 0 Å². The molecule has 0 bridgehead atoms. The highest BCUT2D eigenvalue weighted by Gasteiger charge is 2.21. The molecule has 18 heavy (non-hydrogen) atoms. The van der Waals surface area contributed by atoms with Crippen LogP contribution in [-0.2, 0) is 6.54 Å². The number of nitrogens with two attached hydrogens (primary N) is 1. The summed E-state index contributed by atoms with van der Waals surface area (Å²) in [6.45, 7) is 5.48. The molecule has 1 saturated heterocycles. The molecular formula is C15H25N3. The van der Waals surface area contributed by atoms with Gasteiger partial charge in [0.25, 0.3) is 0 Å². The van der Waals surface area contributed by atoms with E-state index in [9.17, 15) is 0 Å². The molecular weight excluding hydrogens is 222 g/mol. The molecule has 0 aromatic heterocycles. The summed E-state index contributed by atoms with van der Waals surface area (Å²) < 4.78 is 0. The van der Waals surface area contributed by atoms with Gasteiger partial charge >= 0.3 is 0 Å². The summed E-state index contributed by atoms with van der Waals surface area (Å²) in [6, 6.07) is 7.08. The Morgan fingerprint density at radius 2 is 2.22 bits per heavy atom. The van der Waals surface area contributed by atoms with Crippen molar-refractivity contribution in [2.24, 2.45) is 0 Å². The Kier molecular flexibility index (Phi) is 4.25. The lowest BCUT2D eigenvalue weighted by Crippen LogP contribution is -2.36. The molecule has 1 aliphatic rings. The van der Waals surface area contributed by atoms with Crippen LogP contribution in [0, 0.1) is 6.92 Å². The Balaban J connectivity index is 1.90. The maximum atomic E-state index is 5.85. The van der Waals surface area contributed by atoms with E-state index in [1.54, 1.807) is 0 Å². The second-order valence-electron chi connectivity index (χ2n) is 5.66. The van der Waals surface area contributed by atoms with E-state index in [4.69, 9.17) is 5.73 Å². The van der Waals surface area contributed by atoms with Gasteiger partial charge in [0, 0.05) is 24.8 Å². The number of likely N-dealkylation sites (tertiary alicyclic amines) is 1. The highest BCUT2D eigenvalue weighted by Crippen LogP contribution is 2.17. The standard InChI is InChI=1S/C15H25N3/c1-12-9-13(6-7-15(12)16)10-17(2)11-14-5-4-8-18(14)3/h6-7,9,14H,4-5,8,10-11,16H2,1-3H3. The molecule has 1 fully saturated rings. The number of benzene rings is 1. The fourth-order valence-corrected chi connectivity index (χ4v) is 2.78. The van der Waals surface area contributed by atoms with Crippen molar-refractivity contribution in [1.82, 2.24) is 9.80 Å². The molecule has 0 saturated carbocycles. The van der Waals surface area contributed by atoms with Gasteiger partial charge in [0.1, 0.15) is 0 Å². The number of nitrogen functional groups attached to an aromatic ring is 1. The third-order valence-corrected chi connectivity index (χ3v) is 3.98. The largest absolute Gasteiger partial charge is 0.399 e. The third-order valence-electron chi connectivity index (χ3n) is 3.98. The Bertz CT molecular complexity index is 403. The highest BCUT2D eigenvalue weighted by molar-refractivity contribution is 5.47. The second-order valence-corrected chi connectivity index (χ2v) is 5.66. The van der Waals surface area contributed by atoms with Crippen molar-refractivity contribution in [3.63, 3.8) is 0 Å². The Morgan fingerprint density at radius 1 is 1.44 bits per heavy atom. The first kappa shape index (κ1) is 13.4. The SMILES string of the molecule is Cc1cc(CN(C)CC2CCCN2C)ccc1N. The topological polar surface area (TPSA) is 32.5 Å². The van der Waals surface area contributed by atoms with Gasteiger partial charge in [0.2, 0.25) is 0 Å². The molecule has 1 aliphatic heterocycles. The van der Waals surface area contributed by atoms with Crippen molar-refractivity contribution in [3.05, 3.63) is 29.3 Å². The quantitative estimate of drug-likeness (QED) is 0.827. The van der Waals surface area contributed by atoms with Crippen molar-refractivity contribution in [3.8, 4) is 0 Å². The predicted octanol–water partition coefficient (Wildman–Crippen LogP) is 2.10. The number of anilines is 1. The van der Waals surface area contributed by atoms with Crippen molar-refractivity contribution < 1.29 is 0 Å². The average molecular weight is 247 g/mol. The highest BCUT2D eigenvalue weighted by atomic mass is 15.2. The van der Waals surface area contributed by atoms with Gasteiger partial charge in [-0.1, -0.05) is 12.1 Å². The summed E-state index contributed by atoms with van der Waals surface area (Å²) in [5.41, 5.74) is 9.27. The molecule has 100 valence electrons. The maximum absolute atomic E-state index is 5.85. The lowest BCUT2D eigenvalue weighted by atomic mass is 10.1. The smallest absolute Gasteiger partial charge is 0.0343 e. The molecule has 0 aliphatic carbocycles. The number of rotatable bonds is 4. The van der Waals surface area contributed by atoms with E-state index in [0.717, 1.165) is 24.8 Å². The van der Waals surface area contributed by atoms with E-state index in [1.165, 1.54) is 30.5 Å². The number of nitrogens with zero attached hydrogens (tertiary/aromatic N) is 2. The van der Waals surface area contributed by atoms with Crippen LogP contribution < -0.4 is 5.73 Å². The van der Waals surface area contributed by atoms with E-state index in [1.807, 2.05) is 6.07 Å². The molecule has 3 nitrogen and oxygen atoms in total. The molecule has 1 aromatic carbocycles. The van der Waals surface area contributed by atoms with Gasteiger partial charge in [-0.3, -0.25) is 0 Å². The number of hydrogen-bond acceptors (Lipinski definition) is 3. The summed E-state index contributed by atoms with van der Waals surface area (Å²) in [6.07, 6.45) is 2.68. The fraction of sp³-hybridized carbons (Fsp3) is 0.600. The van der Waals surface area contributed by atoms with Crippen LogP contribution in [-0.4, -0.2) is 43.0 Å². The fourth-order valence-electron chi connectivity index (χ4n) is 2.78. The van der Waals surface area contributed by atoms with Gasteiger partial charge in [-0.05, 0) is 57.6 Å². The van der Waals surface area contributed by atoms with Crippen LogP contribution in [0.1, 0.15) is 24.0 Å². The van der Waals surface area contributed by atoms with Crippen LogP contribution in [0.15, 0.2) is 18.2 Å². The minimum atomic E-state index is 0.727. The first-order valence-corrected chi connectivity index (χ1v) is 6.80. The number of hydrogen-bond donors (Lipinski definition) is 1. The zero-order chi connectivity index (χ0) is 13.1. The molecule has 2 N–H and O–H groups in total. The van der Waals surface area contributed by atoms with Gasteiger partial charge in [-0.25, -0.2) is 0 Å². The van der Waals surface area contributed by atoms with Crippen molar-refractivity contribution in [2.75, 3.05) is 32.9 Å². The second kappa shape index (κ2) is 5.72. The summed E-state index contributed by atoms with van der Waals surface area (Å²) in [4.78, 5) is 4.89. The normalized spacial score (nSPS) is 20.8. The predicted molar refractivity (Wildman–Crippen MR) is 77.6 cm³/mol. The monoisotopic (exact) mass is 247 g/mol. The molecule has 0 spiro atoms. The van der Waals surface area contributed by atoms with Gasteiger partial charge in [0.05, 0.1) is 0 Å². The first-order chi connectivity index (χ1) is 8.56. The van der Waals surface area contributed by atoms with Crippen molar-refractivity contribution >= 4 is 5.69 Å². The molecule has 1 unspecified atom stereocenters. The zero-order valence-corrected chi connectivity index (χ0v) is 11.8. The van der Waals surface area contributed by atoms with Gasteiger partial charge in [0.15, 0.2) is 0 Å². The lowest BCUT2D eigenvalue weighted by molar-refractivity contribution is 0.215. The summed E-state index contributed by atoms with van der Waals surface area (Å²) in [5.74, 6) is 0. The van der Waals surface area contributed by atoms with E-state index >= 15 is 0 Å². The van der Waals surface area contributed by atoms with E-state index in [2.05, 4.69) is 43.0 Å². The van der Waals surface area contributed by atoms with Crippen LogP contribution in [0.5, 0.6) is 0 Å². The van der Waals surface area contributed by atoms with E-state index in [-0.39, 0.29) is 0 Å². The average Bonchev–Trinajstić information content (AvgIpc) is 2.70. The van der Waals surface area contributed by atoms with Gasteiger partial charge in [-0.2, -0.15) is 0 Å². The Labute approximate surface area is 111 Å². The Hall–Kier alpha value is -1.06. The molecule has 0 amide bonds. The lowest BCUT2D eigenvalue weighted by Gasteiger charge is -2.26. The molecule has 0 radical (unpaired) electrons. The van der Waals surface area contributed by atoms with Crippen LogP contribution in [0.4, 0.5) is 5.69 Å². The van der Waals surface area contributed by atoms with Crippen LogP contribution in [0.2, 0.25) is 0 Å². The molecule has 1 atom stereocenters. The summed E-state index contributed by atoms with van der Waals surface area (Å²) >= 11 is 0. The van der Waals surface area contributed by atoms with Crippen molar-refractivity contribution in [1.29, 1.82) is 0 Å². The van der Waals surface area contributed by atoms with Crippen LogP contribution >= 0.6 is 0 Å². The minimum Gasteiger partial charge on any atom is -0.399 e. The van der Waals surface area contributed by atoms with E-state index in [0.29, 0.717) is 0 Å². The number of aryl methyl sites for hydroxylation is 1. The van der Waals surface area contributed by atoms with Crippen molar-refractivity contribution in [2.45, 2.75) is 32.4 Å². The van der Waals surface area contributed by atoms with Crippen LogP contribution in [0.25, 0.3) is 0 Å². The van der Waals surface area contributed by atoms with E-state index < -0.39 is 0 Å². The number of likely N-dealkylation sites (N-methyl/N-ethyl adjacent to an activating group) is 2. The molecule has 1 heterocycles. The zero-order valence-electron chi connectivity index (χ0n) is 11.8. The molecule has 2 rings (SSSR count).